The SMILES string of the molecule is FC(F)(F)c1ccc(CN2CCC[C@@H](c3nc4ccccc4[nH]3)C2)cc1. The molecule has 0 radical (unpaired) electrons. The van der Waals surface area contributed by atoms with Gasteiger partial charge < -0.3 is 4.98 Å². The lowest BCUT2D eigenvalue weighted by atomic mass is 9.97. The van der Waals surface area contributed by atoms with Gasteiger partial charge in [-0.1, -0.05) is 24.3 Å². The van der Waals surface area contributed by atoms with Crippen molar-refractivity contribution in [3.05, 3.63) is 65.5 Å². The number of nitrogens with zero attached hydrogens (tertiary/aromatic N) is 2. The Balaban J connectivity index is 1.45. The molecule has 1 saturated heterocycles. The summed E-state index contributed by atoms with van der Waals surface area (Å²) in [4.78, 5) is 10.4. The van der Waals surface area contributed by atoms with Crippen molar-refractivity contribution in [2.24, 2.45) is 0 Å². The van der Waals surface area contributed by atoms with Crippen LogP contribution in [-0.4, -0.2) is 28.0 Å². The normalized spacial score (nSPS) is 19.1. The first-order valence-corrected chi connectivity index (χ1v) is 8.82. The number of benzene rings is 2. The van der Waals surface area contributed by atoms with Gasteiger partial charge in [-0.15, -0.1) is 0 Å². The predicted molar refractivity (Wildman–Crippen MR) is 94.8 cm³/mol. The van der Waals surface area contributed by atoms with E-state index in [1.807, 2.05) is 24.3 Å². The van der Waals surface area contributed by atoms with Crippen molar-refractivity contribution in [3.63, 3.8) is 0 Å². The molecule has 4 rings (SSSR count). The molecular weight excluding hydrogens is 339 g/mol. The zero-order valence-corrected chi connectivity index (χ0v) is 14.3. The number of nitrogens with one attached hydrogen (secondary N) is 1. The Morgan fingerprint density at radius 2 is 1.85 bits per heavy atom. The number of H-pyrrole nitrogens is 1. The Morgan fingerprint density at radius 3 is 2.58 bits per heavy atom. The molecule has 2 aromatic carbocycles. The monoisotopic (exact) mass is 359 g/mol. The van der Waals surface area contributed by atoms with E-state index in [1.165, 1.54) is 0 Å². The number of likely N-dealkylation sites (tertiary alicyclic amines) is 1. The van der Waals surface area contributed by atoms with Crippen LogP contribution in [-0.2, 0) is 12.7 Å². The van der Waals surface area contributed by atoms with E-state index < -0.39 is 11.7 Å². The van der Waals surface area contributed by atoms with Crippen LogP contribution in [0.15, 0.2) is 48.5 Å². The summed E-state index contributed by atoms with van der Waals surface area (Å²) in [6.45, 7) is 2.48. The van der Waals surface area contributed by atoms with Crippen LogP contribution in [0.3, 0.4) is 0 Å². The molecule has 1 atom stereocenters. The Bertz CT molecular complexity index is 850. The van der Waals surface area contributed by atoms with Gasteiger partial charge in [0.25, 0.3) is 0 Å². The lowest BCUT2D eigenvalue weighted by molar-refractivity contribution is -0.137. The Kier molecular flexibility index (Phi) is 4.44. The molecule has 0 spiro atoms. The van der Waals surface area contributed by atoms with E-state index in [1.54, 1.807) is 12.1 Å². The second-order valence-corrected chi connectivity index (χ2v) is 6.91. The fourth-order valence-corrected chi connectivity index (χ4v) is 3.65. The quantitative estimate of drug-likeness (QED) is 0.717. The minimum absolute atomic E-state index is 0.325. The molecule has 1 aromatic heterocycles. The van der Waals surface area contributed by atoms with Crippen LogP contribution in [0.25, 0.3) is 11.0 Å². The lowest BCUT2D eigenvalue weighted by Crippen LogP contribution is -2.34. The van der Waals surface area contributed by atoms with E-state index in [0.29, 0.717) is 12.5 Å². The van der Waals surface area contributed by atoms with E-state index in [9.17, 15) is 13.2 Å². The van der Waals surface area contributed by atoms with E-state index >= 15 is 0 Å². The minimum Gasteiger partial charge on any atom is -0.342 e. The maximum Gasteiger partial charge on any atom is 0.416 e. The fourth-order valence-electron chi connectivity index (χ4n) is 3.65. The van der Waals surface area contributed by atoms with Crippen molar-refractivity contribution in [2.45, 2.75) is 31.5 Å². The van der Waals surface area contributed by atoms with Gasteiger partial charge in [0.15, 0.2) is 0 Å². The molecule has 1 N–H and O–H groups in total. The predicted octanol–water partition coefficient (Wildman–Crippen LogP) is 4.96. The second-order valence-electron chi connectivity index (χ2n) is 6.91. The number of alkyl halides is 3. The molecule has 0 bridgehead atoms. The molecule has 0 amide bonds. The molecule has 1 fully saturated rings. The summed E-state index contributed by atoms with van der Waals surface area (Å²) in [5, 5.41) is 0. The Morgan fingerprint density at radius 1 is 1.08 bits per heavy atom. The van der Waals surface area contributed by atoms with Crippen LogP contribution in [0.4, 0.5) is 13.2 Å². The summed E-state index contributed by atoms with van der Waals surface area (Å²) < 4.78 is 38.1. The number of halogens is 3. The number of piperidine rings is 1. The van der Waals surface area contributed by atoms with Crippen LogP contribution < -0.4 is 0 Å². The highest BCUT2D eigenvalue weighted by molar-refractivity contribution is 5.74. The minimum atomic E-state index is -4.28. The van der Waals surface area contributed by atoms with E-state index in [-0.39, 0.29) is 0 Å². The van der Waals surface area contributed by atoms with Gasteiger partial charge in [0.1, 0.15) is 5.82 Å². The maximum atomic E-state index is 12.7. The van der Waals surface area contributed by atoms with Crippen LogP contribution in [0, 0.1) is 0 Å². The van der Waals surface area contributed by atoms with Crippen molar-refractivity contribution >= 4 is 11.0 Å². The number of imidazole rings is 1. The van der Waals surface area contributed by atoms with Gasteiger partial charge in [0.2, 0.25) is 0 Å². The standard InChI is InChI=1S/C20H20F3N3/c21-20(22,23)16-9-7-14(8-10-16)12-26-11-3-4-15(13-26)19-24-17-5-1-2-6-18(17)25-19/h1-2,5-10,15H,3-4,11-13H2,(H,24,25)/t15-/m1/s1. The highest BCUT2D eigenvalue weighted by Gasteiger charge is 2.30. The van der Waals surface area contributed by atoms with Crippen LogP contribution in [0.1, 0.15) is 35.7 Å². The third kappa shape index (κ3) is 3.60. The van der Waals surface area contributed by atoms with Crippen LogP contribution >= 0.6 is 0 Å². The van der Waals surface area contributed by atoms with Gasteiger partial charge in [0.05, 0.1) is 16.6 Å². The molecule has 3 nitrogen and oxygen atoms in total. The number of fused-ring (bicyclic) bond motifs is 1. The molecule has 0 unspecified atom stereocenters. The van der Waals surface area contributed by atoms with Crippen LogP contribution in [0.5, 0.6) is 0 Å². The third-order valence-electron chi connectivity index (χ3n) is 4.99. The second kappa shape index (κ2) is 6.76. The number of para-hydroxylation sites is 2. The summed E-state index contributed by atoms with van der Waals surface area (Å²) in [6.07, 6.45) is -2.15. The largest absolute Gasteiger partial charge is 0.416 e. The van der Waals surface area contributed by atoms with Gasteiger partial charge in [0, 0.05) is 19.0 Å². The van der Waals surface area contributed by atoms with Gasteiger partial charge in [-0.2, -0.15) is 13.2 Å². The molecule has 0 saturated carbocycles. The van der Waals surface area contributed by atoms with Crippen molar-refractivity contribution < 1.29 is 13.2 Å². The number of aromatic amines is 1. The fraction of sp³-hybridized carbons (Fsp3) is 0.350. The topological polar surface area (TPSA) is 31.9 Å². The number of rotatable bonds is 3. The summed E-state index contributed by atoms with van der Waals surface area (Å²) in [6, 6.07) is 13.5. The van der Waals surface area contributed by atoms with Gasteiger partial charge in [-0.05, 0) is 49.2 Å². The molecular formula is C20H20F3N3. The van der Waals surface area contributed by atoms with Crippen molar-refractivity contribution in [2.75, 3.05) is 13.1 Å². The van der Waals surface area contributed by atoms with Gasteiger partial charge >= 0.3 is 6.18 Å². The van der Waals surface area contributed by atoms with Crippen molar-refractivity contribution in [1.82, 2.24) is 14.9 Å². The van der Waals surface area contributed by atoms with Gasteiger partial charge in [-0.25, -0.2) is 4.98 Å². The number of hydrogen-bond acceptors (Lipinski definition) is 2. The first kappa shape index (κ1) is 17.1. The maximum absolute atomic E-state index is 12.7. The molecule has 1 aliphatic rings. The molecule has 136 valence electrons. The molecule has 1 aliphatic heterocycles. The zero-order chi connectivity index (χ0) is 18.1. The summed E-state index contributed by atoms with van der Waals surface area (Å²) >= 11 is 0. The number of aromatic nitrogens is 2. The average Bonchev–Trinajstić information content (AvgIpc) is 3.06. The summed E-state index contributed by atoms with van der Waals surface area (Å²) in [5.74, 6) is 1.33. The summed E-state index contributed by atoms with van der Waals surface area (Å²) in [7, 11) is 0. The van der Waals surface area contributed by atoms with Gasteiger partial charge in [-0.3, -0.25) is 4.90 Å². The molecule has 3 aromatic rings. The van der Waals surface area contributed by atoms with Crippen molar-refractivity contribution in [3.8, 4) is 0 Å². The number of hydrogen-bond donors (Lipinski definition) is 1. The highest BCUT2D eigenvalue weighted by Crippen LogP contribution is 2.30. The average molecular weight is 359 g/mol. The Labute approximate surface area is 149 Å². The first-order valence-electron chi connectivity index (χ1n) is 8.82. The Hall–Kier alpha value is -2.34. The third-order valence-corrected chi connectivity index (χ3v) is 4.99. The lowest BCUT2D eigenvalue weighted by Gasteiger charge is -2.31. The zero-order valence-electron chi connectivity index (χ0n) is 14.3. The summed E-state index contributed by atoms with van der Waals surface area (Å²) in [5.41, 5.74) is 2.33. The first-order chi connectivity index (χ1) is 12.5. The van der Waals surface area contributed by atoms with E-state index in [0.717, 1.165) is 60.5 Å². The smallest absolute Gasteiger partial charge is 0.342 e. The van der Waals surface area contributed by atoms with E-state index in [4.69, 9.17) is 4.98 Å². The van der Waals surface area contributed by atoms with E-state index in [2.05, 4.69) is 9.88 Å². The highest BCUT2D eigenvalue weighted by atomic mass is 19.4. The molecule has 0 aliphatic carbocycles. The molecule has 6 heteroatoms. The van der Waals surface area contributed by atoms with Crippen LogP contribution in [0.2, 0.25) is 0 Å². The molecule has 26 heavy (non-hydrogen) atoms. The molecule has 2 heterocycles. The van der Waals surface area contributed by atoms with Crippen molar-refractivity contribution in [1.29, 1.82) is 0 Å².